The molecule has 4 rings (SSSR count). The van der Waals surface area contributed by atoms with Crippen LogP contribution in [-0.4, -0.2) is 50.3 Å². The van der Waals surface area contributed by atoms with Gasteiger partial charge in [0.15, 0.2) is 29.1 Å². The Morgan fingerprint density at radius 1 is 1.11 bits per heavy atom. The fourth-order valence-electron chi connectivity index (χ4n) is 3.26. The Hall–Kier alpha value is -2.60. The van der Waals surface area contributed by atoms with Gasteiger partial charge in [-0.1, -0.05) is 23.7 Å². The van der Waals surface area contributed by atoms with Gasteiger partial charge in [-0.15, -0.1) is 0 Å². The molecule has 2 heterocycles. The van der Waals surface area contributed by atoms with Gasteiger partial charge in [0.2, 0.25) is 5.91 Å². The van der Waals surface area contributed by atoms with E-state index < -0.39 is 0 Å². The summed E-state index contributed by atoms with van der Waals surface area (Å²) in [7, 11) is 1.76. The summed E-state index contributed by atoms with van der Waals surface area (Å²) in [5, 5.41) is 0.463. The number of hydrogen-bond acceptors (Lipinski definition) is 5. The van der Waals surface area contributed by atoms with Gasteiger partial charge in [0.1, 0.15) is 6.61 Å². The molecule has 0 fully saturated rings. The first-order chi connectivity index (χ1) is 13.6. The second kappa shape index (κ2) is 8.19. The number of halogens is 1. The van der Waals surface area contributed by atoms with Gasteiger partial charge < -0.3 is 23.8 Å². The average molecular weight is 404 g/mol. The molecule has 1 amide bonds. The van der Waals surface area contributed by atoms with Gasteiger partial charge in [0.05, 0.1) is 31.2 Å². The minimum absolute atomic E-state index is 0.0342. The molecule has 28 heavy (non-hydrogen) atoms. The molecule has 0 saturated carbocycles. The molecule has 2 aliphatic rings. The average Bonchev–Trinajstić information content (AvgIpc) is 2.94. The van der Waals surface area contributed by atoms with E-state index >= 15 is 0 Å². The minimum atomic E-state index is -0.212. The third-order valence-electron chi connectivity index (χ3n) is 4.69. The number of likely N-dealkylation sites (N-methyl/N-ethyl adjacent to an activating group) is 1. The molecule has 1 atom stereocenters. The number of carbonyl (C=O) groups excluding carboxylic acids is 1. The van der Waals surface area contributed by atoms with Gasteiger partial charge in [-0.25, -0.2) is 0 Å². The summed E-state index contributed by atoms with van der Waals surface area (Å²) in [4.78, 5) is 14.3. The van der Waals surface area contributed by atoms with Crippen LogP contribution >= 0.6 is 11.6 Å². The van der Waals surface area contributed by atoms with Crippen molar-refractivity contribution in [3.63, 3.8) is 0 Å². The number of hydrogen-bond donors (Lipinski definition) is 0. The zero-order valence-electron chi connectivity index (χ0n) is 15.7. The van der Waals surface area contributed by atoms with Gasteiger partial charge in [0.25, 0.3) is 0 Å². The van der Waals surface area contributed by atoms with Crippen molar-refractivity contribution >= 4 is 17.5 Å². The molecule has 0 aliphatic carbocycles. The zero-order chi connectivity index (χ0) is 19.5. The van der Waals surface area contributed by atoms with Crippen molar-refractivity contribution in [2.24, 2.45) is 0 Å². The first-order valence-electron chi connectivity index (χ1n) is 9.30. The molecule has 2 aliphatic heterocycles. The van der Waals surface area contributed by atoms with Crippen LogP contribution in [0, 0.1) is 0 Å². The van der Waals surface area contributed by atoms with Crippen molar-refractivity contribution in [1.29, 1.82) is 0 Å². The number of nitrogens with zero attached hydrogens (tertiary/aromatic N) is 1. The van der Waals surface area contributed by atoms with Gasteiger partial charge in [-0.2, -0.15) is 0 Å². The van der Waals surface area contributed by atoms with Crippen LogP contribution in [0.5, 0.6) is 23.0 Å². The molecule has 0 radical (unpaired) electrons. The SMILES string of the molecule is CN(C[C@@H]1COc2ccccc2O1)C(=O)Cc1cc(Cl)c2c(c1)OCCCO2. The maximum atomic E-state index is 12.7. The summed E-state index contributed by atoms with van der Waals surface area (Å²) in [5.74, 6) is 2.54. The first kappa shape index (κ1) is 18.7. The van der Waals surface area contributed by atoms with E-state index in [2.05, 4.69) is 0 Å². The van der Waals surface area contributed by atoms with Crippen molar-refractivity contribution in [2.75, 3.05) is 33.4 Å². The summed E-state index contributed by atoms with van der Waals surface area (Å²) in [6, 6.07) is 11.1. The highest BCUT2D eigenvalue weighted by molar-refractivity contribution is 6.32. The Morgan fingerprint density at radius 3 is 2.75 bits per heavy atom. The highest BCUT2D eigenvalue weighted by Crippen LogP contribution is 2.38. The first-order valence-corrected chi connectivity index (χ1v) is 9.68. The van der Waals surface area contributed by atoms with Crippen molar-refractivity contribution in [2.45, 2.75) is 18.9 Å². The second-order valence-corrected chi connectivity index (χ2v) is 7.31. The number of benzene rings is 2. The highest BCUT2D eigenvalue weighted by atomic mass is 35.5. The Morgan fingerprint density at radius 2 is 1.89 bits per heavy atom. The maximum absolute atomic E-state index is 12.7. The van der Waals surface area contributed by atoms with Gasteiger partial charge in [-0.3, -0.25) is 4.79 Å². The summed E-state index contributed by atoms with van der Waals surface area (Å²) in [6.45, 7) is 1.98. The van der Waals surface area contributed by atoms with E-state index in [4.69, 9.17) is 30.5 Å². The molecular formula is C21H22ClNO5. The van der Waals surface area contributed by atoms with Gasteiger partial charge in [-0.05, 0) is 29.8 Å². The predicted molar refractivity (Wildman–Crippen MR) is 105 cm³/mol. The van der Waals surface area contributed by atoms with Crippen LogP contribution in [0.2, 0.25) is 5.02 Å². The zero-order valence-corrected chi connectivity index (χ0v) is 16.4. The molecule has 0 N–H and O–H groups in total. The molecule has 7 heteroatoms. The quantitative estimate of drug-likeness (QED) is 0.783. The smallest absolute Gasteiger partial charge is 0.226 e. The Labute approximate surface area is 168 Å². The Kier molecular flexibility index (Phi) is 5.48. The predicted octanol–water partition coefficient (Wildman–Crippen LogP) is 3.34. The van der Waals surface area contributed by atoms with E-state index in [-0.39, 0.29) is 18.4 Å². The lowest BCUT2D eigenvalue weighted by Gasteiger charge is -2.29. The third kappa shape index (κ3) is 4.12. The standard InChI is InChI=1S/C21H22ClNO5/c1-23(12-15-13-27-17-5-2-3-6-18(17)28-15)20(24)11-14-9-16(22)21-19(10-14)25-7-4-8-26-21/h2-3,5-6,9-10,15H,4,7-8,11-13H2,1H3/t15-/m1/s1. The number of amides is 1. The monoisotopic (exact) mass is 403 g/mol. The van der Waals surface area contributed by atoms with E-state index in [1.165, 1.54) is 0 Å². The molecule has 2 aromatic rings. The molecule has 0 spiro atoms. The molecular weight excluding hydrogens is 382 g/mol. The van der Waals surface area contributed by atoms with E-state index in [9.17, 15) is 4.79 Å². The van der Waals surface area contributed by atoms with Gasteiger partial charge >= 0.3 is 0 Å². The van der Waals surface area contributed by atoms with Gasteiger partial charge in [0, 0.05) is 13.5 Å². The third-order valence-corrected chi connectivity index (χ3v) is 4.97. The van der Waals surface area contributed by atoms with E-state index in [0.717, 1.165) is 17.7 Å². The summed E-state index contributed by atoms with van der Waals surface area (Å²) in [6.07, 6.45) is 0.808. The summed E-state index contributed by atoms with van der Waals surface area (Å²) < 4.78 is 23.0. The van der Waals surface area contributed by atoms with Crippen molar-refractivity contribution in [1.82, 2.24) is 4.90 Å². The fourth-order valence-corrected chi connectivity index (χ4v) is 3.54. The number of carbonyl (C=O) groups is 1. The number of fused-ring (bicyclic) bond motifs is 2. The fraction of sp³-hybridized carbons (Fsp3) is 0.381. The lowest BCUT2D eigenvalue weighted by molar-refractivity contribution is -0.130. The Balaban J connectivity index is 1.39. The van der Waals surface area contributed by atoms with Crippen molar-refractivity contribution < 1.29 is 23.7 Å². The largest absolute Gasteiger partial charge is 0.489 e. The normalized spacial score (nSPS) is 17.6. The van der Waals surface area contributed by atoms with E-state index in [0.29, 0.717) is 48.6 Å². The number of rotatable bonds is 4. The van der Waals surface area contributed by atoms with Crippen LogP contribution < -0.4 is 18.9 Å². The van der Waals surface area contributed by atoms with Crippen molar-refractivity contribution in [3.05, 3.63) is 47.0 Å². The molecule has 6 nitrogen and oxygen atoms in total. The highest BCUT2D eigenvalue weighted by Gasteiger charge is 2.24. The summed E-state index contributed by atoms with van der Waals surface area (Å²) in [5.41, 5.74) is 0.789. The number of para-hydroxylation sites is 2. The van der Waals surface area contributed by atoms with Crippen LogP contribution in [0.25, 0.3) is 0 Å². The molecule has 148 valence electrons. The molecule has 0 unspecified atom stereocenters. The van der Waals surface area contributed by atoms with Crippen LogP contribution in [0.1, 0.15) is 12.0 Å². The van der Waals surface area contributed by atoms with Crippen LogP contribution in [0.15, 0.2) is 36.4 Å². The van der Waals surface area contributed by atoms with E-state index in [1.54, 1.807) is 18.0 Å². The van der Waals surface area contributed by atoms with Crippen molar-refractivity contribution in [3.8, 4) is 23.0 Å². The molecule has 0 saturated heterocycles. The Bertz CT molecular complexity index is 872. The lowest BCUT2D eigenvalue weighted by Crippen LogP contribution is -2.42. The topological polar surface area (TPSA) is 57.2 Å². The van der Waals surface area contributed by atoms with Crippen LogP contribution in [0.3, 0.4) is 0 Å². The van der Waals surface area contributed by atoms with Crippen LogP contribution in [-0.2, 0) is 11.2 Å². The minimum Gasteiger partial charge on any atom is -0.489 e. The molecule has 2 aromatic carbocycles. The van der Waals surface area contributed by atoms with Crippen LogP contribution in [0.4, 0.5) is 0 Å². The maximum Gasteiger partial charge on any atom is 0.226 e. The number of ether oxygens (including phenoxy) is 4. The lowest BCUT2D eigenvalue weighted by atomic mass is 10.1. The molecule has 0 bridgehead atoms. The van der Waals surface area contributed by atoms with E-state index in [1.807, 2.05) is 30.3 Å². The molecule has 0 aromatic heterocycles. The summed E-state index contributed by atoms with van der Waals surface area (Å²) >= 11 is 6.32. The second-order valence-electron chi connectivity index (χ2n) is 6.90.